The van der Waals surface area contributed by atoms with Gasteiger partial charge in [0.05, 0.1) is 5.02 Å². The molecular weight excluding hydrogens is 314 g/mol. The van der Waals surface area contributed by atoms with Crippen molar-refractivity contribution < 1.29 is 14.3 Å². The summed E-state index contributed by atoms with van der Waals surface area (Å²) in [5.41, 5.74) is 1.98. The molecule has 0 aromatic heterocycles. The average molecular weight is 340 g/mol. The number of aryl methyl sites for hydroxylation is 1. The fourth-order valence-corrected chi connectivity index (χ4v) is 2.65. The van der Waals surface area contributed by atoms with Crippen molar-refractivity contribution in [2.45, 2.75) is 53.1 Å². The highest BCUT2D eigenvalue weighted by atomic mass is 35.5. The summed E-state index contributed by atoms with van der Waals surface area (Å²) in [4.78, 5) is 24.5. The van der Waals surface area contributed by atoms with Crippen molar-refractivity contribution in [3.63, 3.8) is 0 Å². The number of likely N-dealkylation sites (tertiary alicyclic amines) is 1. The second kappa shape index (κ2) is 7.82. The van der Waals surface area contributed by atoms with Crippen LogP contribution in [0.3, 0.4) is 0 Å². The van der Waals surface area contributed by atoms with Gasteiger partial charge in [0, 0.05) is 24.6 Å². The Balaban J connectivity index is 0.00000127. The molecule has 1 aliphatic heterocycles. The van der Waals surface area contributed by atoms with Crippen molar-refractivity contribution in [3.05, 3.63) is 33.8 Å². The minimum absolute atomic E-state index is 0.245. The van der Waals surface area contributed by atoms with E-state index >= 15 is 0 Å². The molecule has 128 valence electrons. The maximum atomic E-state index is 11.9. The molecule has 1 aliphatic rings. The number of amides is 1. The summed E-state index contributed by atoms with van der Waals surface area (Å²) in [5.74, 6) is 0.245. The number of aldehydes is 1. The first-order valence-electron chi connectivity index (χ1n) is 7.94. The van der Waals surface area contributed by atoms with Crippen LogP contribution >= 0.6 is 11.6 Å². The fraction of sp³-hybridized carbons (Fsp3) is 0.556. The maximum absolute atomic E-state index is 11.9. The number of benzene rings is 1. The molecular formula is C18H26ClNO3. The number of rotatable bonds is 2. The van der Waals surface area contributed by atoms with Crippen LogP contribution in [0.1, 0.15) is 62.0 Å². The van der Waals surface area contributed by atoms with Gasteiger partial charge in [-0.3, -0.25) is 4.79 Å². The Morgan fingerprint density at radius 1 is 1.30 bits per heavy atom. The number of carbonyl (C=O) groups excluding carboxylic acids is 2. The molecule has 1 heterocycles. The van der Waals surface area contributed by atoms with Gasteiger partial charge in [0.15, 0.2) is 6.29 Å². The third-order valence-electron chi connectivity index (χ3n) is 3.48. The van der Waals surface area contributed by atoms with Gasteiger partial charge < -0.3 is 9.64 Å². The molecule has 0 bridgehead atoms. The number of hydrogen-bond donors (Lipinski definition) is 0. The molecule has 0 saturated carbocycles. The quantitative estimate of drug-likeness (QED) is 0.725. The van der Waals surface area contributed by atoms with Crippen LogP contribution in [-0.2, 0) is 4.74 Å². The Bertz CT molecular complexity index is 549. The smallest absolute Gasteiger partial charge is 0.410 e. The van der Waals surface area contributed by atoms with Gasteiger partial charge in [-0.05, 0) is 44.9 Å². The van der Waals surface area contributed by atoms with E-state index in [1.54, 1.807) is 4.90 Å². The first-order chi connectivity index (χ1) is 10.7. The molecule has 5 heteroatoms. The Labute approximate surface area is 143 Å². The first kappa shape index (κ1) is 19.5. The van der Waals surface area contributed by atoms with Gasteiger partial charge in [0.2, 0.25) is 0 Å². The lowest BCUT2D eigenvalue weighted by molar-refractivity contribution is 0.00819. The molecule has 2 rings (SSSR count). The van der Waals surface area contributed by atoms with E-state index in [1.807, 2.05) is 53.7 Å². The second-order valence-electron chi connectivity index (χ2n) is 6.43. The largest absolute Gasteiger partial charge is 0.444 e. The molecule has 1 fully saturated rings. The van der Waals surface area contributed by atoms with E-state index in [1.165, 1.54) is 0 Å². The summed E-state index contributed by atoms with van der Waals surface area (Å²) in [6.07, 6.45) is 0.487. The van der Waals surface area contributed by atoms with E-state index in [4.69, 9.17) is 16.3 Å². The van der Waals surface area contributed by atoms with Crippen LogP contribution in [0.4, 0.5) is 4.79 Å². The zero-order chi connectivity index (χ0) is 17.8. The third kappa shape index (κ3) is 4.96. The van der Waals surface area contributed by atoms with Crippen molar-refractivity contribution in [3.8, 4) is 0 Å². The molecule has 0 N–H and O–H groups in total. The zero-order valence-electron chi connectivity index (χ0n) is 14.8. The predicted octanol–water partition coefficient (Wildman–Crippen LogP) is 4.82. The van der Waals surface area contributed by atoms with Crippen LogP contribution in [0.2, 0.25) is 5.02 Å². The van der Waals surface area contributed by atoms with Gasteiger partial charge in [-0.25, -0.2) is 4.79 Å². The van der Waals surface area contributed by atoms with Crippen molar-refractivity contribution in [1.82, 2.24) is 4.90 Å². The lowest BCUT2D eigenvalue weighted by Crippen LogP contribution is -2.50. The van der Waals surface area contributed by atoms with Crippen LogP contribution in [0.5, 0.6) is 0 Å². The molecule has 0 atom stereocenters. The van der Waals surface area contributed by atoms with Gasteiger partial charge >= 0.3 is 6.09 Å². The number of ether oxygens (including phenoxy) is 1. The highest BCUT2D eigenvalue weighted by Crippen LogP contribution is 2.32. The topological polar surface area (TPSA) is 46.6 Å². The van der Waals surface area contributed by atoms with Crippen LogP contribution in [0.25, 0.3) is 0 Å². The summed E-state index contributed by atoms with van der Waals surface area (Å²) >= 11 is 6.11. The highest BCUT2D eigenvalue weighted by molar-refractivity contribution is 6.33. The molecule has 0 spiro atoms. The molecule has 0 unspecified atom stereocenters. The maximum Gasteiger partial charge on any atom is 0.410 e. The zero-order valence-corrected chi connectivity index (χ0v) is 15.5. The minimum Gasteiger partial charge on any atom is -0.444 e. The third-order valence-corrected chi connectivity index (χ3v) is 3.79. The van der Waals surface area contributed by atoms with Crippen LogP contribution in [-0.4, -0.2) is 36.0 Å². The van der Waals surface area contributed by atoms with Gasteiger partial charge in [-0.1, -0.05) is 31.5 Å². The fourth-order valence-electron chi connectivity index (χ4n) is 2.33. The molecule has 1 aromatic carbocycles. The van der Waals surface area contributed by atoms with Crippen molar-refractivity contribution in [2.24, 2.45) is 0 Å². The van der Waals surface area contributed by atoms with E-state index < -0.39 is 5.60 Å². The SMILES string of the molecule is CC.Cc1cc(C2CN(C(=O)OC(C)(C)C)C2)cc(Cl)c1C=O. The summed E-state index contributed by atoms with van der Waals surface area (Å²) < 4.78 is 5.32. The van der Waals surface area contributed by atoms with Crippen LogP contribution in [0, 0.1) is 6.92 Å². The highest BCUT2D eigenvalue weighted by Gasteiger charge is 2.34. The minimum atomic E-state index is -0.478. The summed E-state index contributed by atoms with van der Waals surface area (Å²) in [7, 11) is 0. The van der Waals surface area contributed by atoms with Crippen molar-refractivity contribution in [1.29, 1.82) is 0 Å². The van der Waals surface area contributed by atoms with Gasteiger partial charge in [0.25, 0.3) is 0 Å². The first-order valence-corrected chi connectivity index (χ1v) is 8.32. The van der Waals surface area contributed by atoms with E-state index in [-0.39, 0.29) is 12.0 Å². The van der Waals surface area contributed by atoms with E-state index in [9.17, 15) is 9.59 Å². The van der Waals surface area contributed by atoms with E-state index in [2.05, 4.69) is 0 Å². The Kier molecular flexibility index (Phi) is 6.63. The molecule has 1 amide bonds. The summed E-state index contributed by atoms with van der Waals surface area (Å²) in [5, 5.41) is 0.468. The Hall–Kier alpha value is -1.55. The average Bonchev–Trinajstić information content (AvgIpc) is 2.36. The van der Waals surface area contributed by atoms with Crippen LogP contribution in [0.15, 0.2) is 12.1 Å². The summed E-state index contributed by atoms with van der Waals surface area (Å²) in [6, 6.07) is 3.78. The van der Waals surface area contributed by atoms with Gasteiger partial charge in [0.1, 0.15) is 5.60 Å². The molecule has 0 aliphatic carbocycles. The number of hydrogen-bond acceptors (Lipinski definition) is 3. The lowest BCUT2D eigenvalue weighted by Gasteiger charge is -2.40. The van der Waals surface area contributed by atoms with Crippen molar-refractivity contribution in [2.75, 3.05) is 13.1 Å². The van der Waals surface area contributed by atoms with Crippen LogP contribution < -0.4 is 0 Å². The molecule has 1 aromatic rings. The van der Waals surface area contributed by atoms with Gasteiger partial charge in [-0.2, -0.15) is 0 Å². The van der Waals surface area contributed by atoms with E-state index in [0.717, 1.165) is 17.4 Å². The Morgan fingerprint density at radius 2 is 1.87 bits per heavy atom. The van der Waals surface area contributed by atoms with E-state index in [0.29, 0.717) is 23.7 Å². The number of halogens is 1. The number of carbonyl (C=O) groups is 2. The standard InChI is InChI=1S/C16H20ClNO3.C2H6/c1-10-5-11(6-14(17)13(10)9-19)12-7-18(8-12)15(20)21-16(2,3)4;1-2/h5-6,9,12H,7-8H2,1-4H3;1-2H3. The molecule has 1 saturated heterocycles. The van der Waals surface area contributed by atoms with Crippen molar-refractivity contribution >= 4 is 24.0 Å². The summed E-state index contributed by atoms with van der Waals surface area (Å²) in [6.45, 7) is 12.6. The normalized spacial score (nSPS) is 14.5. The predicted molar refractivity (Wildman–Crippen MR) is 93.5 cm³/mol. The lowest BCUT2D eigenvalue weighted by atomic mass is 9.90. The monoisotopic (exact) mass is 339 g/mol. The molecule has 23 heavy (non-hydrogen) atoms. The Morgan fingerprint density at radius 3 is 2.30 bits per heavy atom. The molecule has 4 nitrogen and oxygen atoms in total. The second-order valence-corrected chi connectivity index (χ2v) is 6.84. The van der Waals surface area contributed by atoms with Gasteiger partial charge in [-0.15, -0.1) is 0 Å². The molecule has 0 radical (unpaired) electrons. The number of nitrogens with zero attached hydrogens (tertiary/aromatic N) is 1.